The summed E-state index contributed by atoms with van der Waals surface area (Å²) in [5.74, 6) is -0.887. The van der Waals surface area contributed by atoms with E-state index >= 15 is 0 Å². The van der Waals surface area contributed by atoms with Crippen LogP contribution < -0.4 is 32.5 Å². The molecule has 0 saturated carbocycles. The minimum absolute atomic E-state index is 0.166. The van der Waals surface area contributed by atoms with Crippen molar-refractivity contribution >= 4 is 63.4 Å². The summed E-state index contributed by atoms with van der Waals surface area (Å²) in [4.78, 5) is 50.4. The SMILES string of the molecule is Cc1cc2cn[nH]c(=O)c3ccc(cc3)c(=O)[nH]ncc3cc(C)cc(cn[nH]c(=O)c4ccc(cc4)c(=O)[nH]ncc(c1)c2[O-])c3[O-].[Cl][Co+].[Cl][Co+]. The molecule has 0 spiro atoms. The van der Waals surface area contributed by atoms with Crippen LogP contribution in [0, 0.1) is 13.8 Å². The average molecular weight is 831 g/mol. The second-order valence-corrected chi connectivity index (χ2v) is 10.5. The first-order chi connectivity index (χ1) is 25.1. The molecule has 270 valence electrons. The predicted molar refractivity (Wildman–Crippen MR) is 190 cm³/mol. The summed E-state index contributed by atoms with van der Waals surface area (Å²) in [5.41, 5.74) is -0.946. The third-order valence-electron chi connectivity index (χ3n) is 6.88. The fourth-order valence-electron chi connectivity index (χ4n) is 4.49. The van der Waals surface area contributed by atoms with Crippen LogP contribution in [-0.2, 0) is 29.7 Å². The number of nitrogens with zero attached hydrogens (tertiary/aromatic N) is 4. The molecule has 4 aromatic heterocycles. The van der Waals surface area contributed by atoms with Gasteiger partial charge in [-0.25, -0.2) is 20.4 Å². The van der Waals surface area contributed by atoms with Gasteiger partial charge in [0.2, 0.25) is 0 Å². The first kappa shape index (κ1) is 41.1. The maximum atomic E-state index is 12.9. The summed E-state index contributed by atoms with van der Waals surface area (Å²) in [6.45, 7) is 3.51. The normalized spacial score (nSPS) is 9.81. The number of aryl methyl sites for hydroxylation is 2. The summed E-state index contributed by atoms with van der Waals surface area (Å²) < 4.78 is 0. The van der Waals surface area contributed by atoms with Crippen molar-refractivity contribution in [3.63, 3.8) is 0 Å². The molecule has 4 N–H and O–H groups in total. The molecule has 0 aliphatic rings. The number of aromatic amines is 4. The first-order valence-electron chi connectivity index (χ1n) is 14.5. The van der Waals surface area contributed by atoms with Crippen molar-refractivity contribution in [3.8, 4) is 11.5 Å². The monoisotopic (exact) mass is 830 g/mol. The molecule has 0 unspecified atom stereocenters. The van der Waals surface area contributed by atoms with E-state index in [-0.39, 0.29) is 43.1 Å². The Morgan fingerprint density at radius 2 is 0.615 bits per heavy atom. The van der Waals surface area contributed by atoms with E-state index < -0.39 is 33.7 Å². The molecule has 0 atom stereocenters. The van der Waals surface area contributed by atoms with Crippen molar-refractivity contribution in [2.45, 2.75) is 13.8 Å². The van der Waals surface area contributed by atoms with Gasteiger partial charge in [0, 0.05) is 21.5 Å². The molecular formula is C34H26Cl2Co2N8O6. The standard InChI is InChI=1S/C34H28N8O6.2ClH.2Co/c1-19-11-25-15-35-39-31(45)21-3-7-23(8-4-21)33(47)41-37-17-27-13-20(2)14-28(30(27)44)18-38-42-34(48)24-9-5-22(6-10-24)32(46)40-36-16-26(12-19)29(25)43;;;;/h3-18,43-44H,1-2H3,(H,39,45)(H,40,46)(H,41,47)(H,42,48);2*1H;;/q;;;2*+2/p-4. The van der Waals surface area contributed by atoms with Gasteiger partial charge in [-0.2, -0.15) is 20.4 Å². The molecule has 18 heteroatoms. The van der Waals surface area contributed by atoms with E-state index in [2.05, 4.69) is 90.8 Å². The number of hydrogen-bond donors (Lipinski definition) is 4. The number of hydrogen-bond acceptors (Lipinski definition) is 10. The van der Waals surface area contributed by atoms with Gasteiger partial charge < -0.3 is 10.2 Å². The van der Waals surface area contributed by atoms with Crippen molar-refractivity contribution in [3.05, 3.63) is 150 Å². The van der Waals surface area contributed by atoms with E-state index in [1.807, 2.05) is 0 Å². The van der Waals surface area contributed by atoms with Crippen molar-refractivity contribution in [2.24, 2.45) is 0 Å². The molecule has 0 aliphatic carbocycles. The zero-order valence-corrected chi connectivity index (χ0v) is 30.5. The summed E-state index contributed by atoms with van der Waals surface area (Å²) in [5, 5.41) is 52.2. The van der Waals surface area contributed by atoms with Crippen LogP contribution in [0.5, 0.6) is 11.5 Å². The Morgan fingerprint density at radius 1 is 0.423 bits per heavy atom. The number of H-pyrrole nitrogens is 4. The zero-order valence-electron chi connectivity index (χ0n) is 26.9. The molecule has 52 heavy (non-hydrogen) atoms. The van der Waals surface area contributed by atoms with Gasteiger partial charge >= 0.3 is 50.0 Å². The Bertz CT molecular complexity index is 2260. The van der Waals surface area contributed by atoms with Crippen LogP contribution in [0.4, 0.5) is 0 Å². The summed E-state index contributed by atoms with van der Waals surface area (Å²) in [7, 11) is 8.65. The average Bonchev–Trinajstić information content (AvgIpc) is 3.16. The van der Waals surface area contributed by atoms with Gasteiger partial charge in [0.15, 0.2) is 0 Å². The third-order valence-corrected chi connectivity index (χ3v) is 6.88. The number of aromatic nitrogens is 8. The van der Waals surface area contributed by atoms with E-state index in [0.717, 1.165) is 0 Å². The fourth-order valence-corrected chi connectivity index (χ4v) is 4.49. The molecule has 0 fully saturated rings. The summed E-state index contributed by atoms with van der Waals surface area (Å²) in [6.07, 6.45) is 4.76. The van der Waals surface area contributed by atoms with E-state index in [1.54, 1.807) is 38.1 Å². The van der Waals surface area contributed by atoms with E-state index in [4.69, 9.17) is 0 Å². The molecule has 8 rings (SSSR count). The maximum absolute atomic E-state index is 12.9. The summed E-state index contributed by atoms with van der Waals surface area (Å²) >= 11 is 6.07. The molecule has 8 aromatic rings. The molecular weight excluding hydrogens is 805 g/mol. The van der Waals surface area contributed by atoms with Crippen LogP contribution in [0.3, 0.4) is 0 Å². The Morgan fingerprint density at radius 3 is 0.808 bits per heavy atom. The van der Waals surface area contributed by atoms with Crippen molar-refractivity contribution < 1.29 is 39.9 Å². The van der Waals surface area contributed by atoms with E-state index in [0.29, 0.717) is 11.1 Å². The Hall–Kier alpha value is -5.37. The van der Waals surface area contributed by atoms with Gasteiger partial charge in [-0.05, 0) is 95.1 Å². The van der Waals surface area contributed by atoms with Crippen LogP contribution in [0.25, 0.3) is 43.1 Å². The quantitative estimate of drug-likeness (QED) is 0.176. The van der Waals surface area contributed by atoms with Crippen LogP contribution in [-0.4, -0.2) is 40.8 Å². The molecule has 4 aromatic carbocycles. The van der Waals surface area contributed by atoms with E-state index in [9.17, 15) is 29.4 Å². The topological polar surface area (TPSA) is 229 Å². The zero-order chi connectivity index (χ0) is 38.2. The second kappa shape index (κ2) is 20.5. The molecule has 8 bridgehead atoms. The second-order valence-electron chi connectivity index (χ2n) is 10.5. The summed E-state index contributed by atoms with van der Waals surface area (Å²) in [6, 6.07) is 17.6. The number of nitrogens with one attached hydrogen (secondary N) is 4. The van der Waals surface area contributed by atoms with Gasteiger partial charge in [-0.3, -0.25) is 19.2 Å². The molecule has 0 radical (unpaired) electrons. The van der Waals surface area contributed by atoms with Crippen LogP contribution in [0.2, 0.25) is 0 Å². The Kier molecular flexibility index (Phi) is 16.2. The van der Waals surface area contributed by atoms with Crippen molar-refractivity contribution in [2.75, 3.05) is 0 Å². The van der Waals surface area contributed by atoms with Crippen molar-refractivity contribution in [1.82, 2.24) is 40.8 Å². The fraction of sp³-hybridized carbons (Fsp3) is 0.0588. The van der Waals surface area contributed by atoms with Crippen LogP contribution in [0.15, 0.2) is 117 Å². The number of rotatable bonds is 0. The molecule has 0 amide bonds. The predicted octanol–water partition coefficient (Wildman–Crippen LogP) is 3.83. The van der Waals surface area contributed by atoms with Gasteiger partial charge in [0.05, 0.1) is 24.8 Å². The minimum atomic E-state index is -0.588. The van der Waals surface area contributed by atoms with Gasteiger partial charge in [-0.15, -0.1) is 0 Å². The van der Waals surface area contributed by atoms with Crippen LogP contribution >= 0.6 is 20.3 Å². The Labute approximate surface area is 317 Å². The number of halogens is 2. The third kappa shape index (κ3) is 11.3. The van der Waals surface area contributed by atoms with Crippen molar-refractivity contribution in [1.29, 1.82) is 0 Å². The first-order valence-corrected chi connectivity index (χ1v) is 17.4. The van der Waals surface area contributed by atoms with Crippen LogP contribution in [0.1, 0.15) is 11.1 Å². The molecule has 0 aliphatic heterocycles. The molecule has 14 nitrogen and oxygen atoms in total. The van der Waals surface area contributed by atoms with Gasteiger partial charge in [0.25, 0.3) is 22.2 Å². The molecule has 4 heterocycles. The Balaban J connectivity index is 0.00000176. The van der Waals surface area contributed by atoms with Gasteiger partial charge in [0.1, 0.15) is 0 Å². The molecule has 0 saturated heterocycles. The van der Waals surface area contributed by atoms with Gasteiger partial charge in [-0.1, -0.05) is 35.8 Å². The number of benzene rings is 4. The van der Waals surface area contributed by atoms with E-state index in [1.165, 1.54) is 73.3 Å².